The molecule has 1 unspecified atom stereocenters. The second-order valence-electron chi connectivity index (χ2n) is 6.28. The van der Waals surface area contributed by atoms with Gasteiger partial charge in [-0.15, -0.1) is 0 Å². The van der Waals surface area contributed by atoms with Gasteiger partial charge < -0.3 is 10.6 Å². The van der Waals surface area contributed by atoms with Crippen molar-refractivity contribution < 1.29 is 18.0 Å². The van der Waals surface area contributed by atoms with E-state index in [1.807, 2.05) is 0 Å². The molecule has 156 valence electrons. The molecule has 1 atom stereocenters. The second kappa shape index (κ2) is 9.87. The summed E-state index contributed by atoms with van der Waals surface area (Å²) in [6.07, 6.45) is 0. The predicted octanol–water partition coefficient (Wildman–Crippen LogP) is 3.13. The van der Waals surface area contributed by atoms with Crippen molar-refractivity contribution in [1.29, 1.82) is 0 Å². The van der Waals surface area contributed by atoms with Gasteiger partial charge in [-0.3, -0.25) is 9.59 Å². The van der Waals surface area contributed by atoms with E-state index in [9.17, 15) is 18.0 Å². The highest BCUT2D eigenvalue weighted by molar-refractivity contribution is 7.89. The average molecular weight is 438 g/mol. The van der Waals surface area contributed by atoms with Crippen LogP contribution in [0, 0.1) is 0 Å². The maximum atomic E-state index is 12.6. The fraction of sp³-hybridized carbons (Fsp3) is 0.300. The van der Waals surface area contributed by atoms with Crippen molar-refractivity contribution in [3.8, 4) is 0 Å². The molecular formula is C20H24ClN3O4S. The van der Waals surface area contributed by atoms with Crippen molar-refractivity contribution in [2.75, 3.05) is 18.4 Å². The van der Waals surface area contributed by atoms with Crippen molar-refractivity contribution in [1.82, 2.24) is 9.62 Å². The van der Waals surface area contributed by atoms with E-state index in [1.165, 1.54) is 23.4 Å². The Hall–Kier alpha value is -2.42. The molecule has 0 fully saturated rings. The summed E-state index contributed by atoms with van der Waals surface area (Å²) >= 11 is 6.00. The molecule has 0 saturated heterocycles. The molecule has 7 nitrogen and oxygen atoms in total. The Morgan fingerprint density at radius 3 is 2.34 bits per heavy atom. The van der Waals surface area contributed by atoms with E-state index in [2.05, 4.69) is 10.6 Å². The van der Waals surface area contributed by atoms with Gasteiger partial charge in [-0.05, 0) is 37.3 Å². The van der Waals surface area contributed by atoms with Gasteiger partial charge >= 0.3 is 0 Å². The Morgan fingerprint density at radius 1 is 1.07 bits per heavy atom. The lowest BCUT2D eigenvalue weighted by atomic mass is 10.2. The molecule has 0 saturated carbocycles. The first kappa shape index (κ1) is 22.9. The minimum Gasteiger partial charge on any atom is -0.340 e. The van der Waals surface area contributed by atoms with Gasteiger partial charge in [0, 0.05) is 18.8 Å². The van der Waals surface area contributed by atoms with Gasteiger partial charge in [0.2, 0.25) is 15.9 Å². The fourth-order valence-electron chi connectivity index (χ4n) is 2.68. The molecule has 0 radical (unpaired) electrons. The maximum absolute atomic E-state index is 12.6. The smallest absolute Gasteiger partial charge is 0.253 e. The number of nitrogens with one attached hydrogen (secondary N) is 2. The summed E-state index contributed by atoms with van der Waals surface area (Å²) in [5, 5.41) is 5.49. The zero-order chi connectivity index (χ0) is 21.6. The highest BCUT2D eigenvalue weighted by Crippen LogP contribution is 2.20. The molecule has 0 heterocycles. The van der Waals surface area contributed by atoms with Gasteiger partial charge in [0.05, 0.1) is 15.5 Å². The second-order valence-corrected chi connectivity index (χ2v) is 8.63. The van der Waals surface area contributed by atoms with Gasteiger partial charge in [-0.1, -0.05) is 43.6 Å². The Labute approximate surface area is 176 Å². The van der Waals surface area contributed by atoms with Crippen LogP contribution in [0.4, 0.5) is 5.69 Å². The number of sulfonamides is 1. The lowest BCUT2D eigenvalue weighted by molar-refractivity contribution is -0.117. The van der Waals surface area contributed by atoms with Crippen molar-refractivity contribution in [3.05, 3.63) is 59.1 Å². The molecule has 29 heavy (non-hydrogen) atoms. The van der Waals surface area contributed by atoms with Gasteiger partial charge in [0.1, 0.15) is 6.04 Å². The maximum Gasteiger partial charge on any atom is 0.253 e. The van der Waals surface area contributed by atoms with Gasteiger partial charge in [0.25, 0.3) is 5.91 Å². The predicted molar refractivity (Wildman–Crippen MR) is 114 cm³/mol. The Morgan fingerprint density at radius 2 is 1.72 bits per heavy atom. The Balaban J connectivity index is 2.11. The van der Waals surface area contributed by atoms with Crippen LogP contribution in [0.1, 0.15) is 31.1 Å². The SMILES string of the molecule is CCN(CC)S(=O)(=O)c1cccc(NC(=O)C(C)NC(=O)c2ccccc2Cl)c1. The van der Waals surface area contributed by atoms with E-state index < -0.39 is 27.9 Å². The third-order valence-corrected chi connectivity index (χ3v) is 6.68. The molecule has 0 spiro atoms. The van der Waals surface area contributed by atoms with Gasteiger partial charge in [-0.2, -0.15) is 4.31 Å². The van der Waals surface area contributed by atoms with Crippen molar-refractivity contribution >= 4 is 39.1 Å². The first-order chi connectivity index (χ1) is 13.7. The number of hydrogen-bond donors (Lipinski definition) is 2. The van der Waals surface area contributed by atoms with Gasteiger partial charge in [-0.25, -0.2) is 8.42 Å². The molecule has 2 amide bonds. The third-order valence-electron chi connectivity index (χ3n) is 4.30. The van der Waals surface area contributed by atoms with Crippen LogP contribution in [0.2, 0.25) is 5.02 Å². The van der Waals surface area contributed by atoms with Crippen LogP contribution >= 0.6 is 11.6 Å². The summed E-state index contributed by atoms with van der Waals surface area (Å²) in [7, 11) is -3.64. The van der Waals surface area contributed by atoms with Gasteiger partial charge in [0.15, 0.2) is 0 Å². The molecule has 2 N–H and O–H groups in total. The minimum absolute atomic E-state index is 0.0896. The first-order valence-electron chi connectivity index (χ1n) is 9.17. The Bertz CT molecular complexity index is 991. The molecule has 0 bridgehead atoms. The molecule has 2 aromatic rings. The summed E-state index contributed by atoms with van der Waals surface area (Å²) in [4.78, 5) is 24.8. The zero-order valence-corrected chi connectivity index (χ0v) is 18.0. The summed E-state index contributed by atoms with van der Waals surface area (Å²) in [6.45, 7) is 5.74. The third kappa shape index (κ3) is 5.56. The molecule has 2 rings (SSSR count). The quantitative estimate of drug-likeness (QED) is 0.663. The van der Waals surface area contributed by atoms with E-state index in [1.54, 1.807) is 50.2 Å². The highest BCUT2D eigenvalue weighted by atomic mass is 35.5. The highest BCUT2D eigenvalue weighted by Gasteiger charge is 2.23. The lowest BCUT2D eigenvalue weighted by Crippen LogP contribution is -2.41. The van der Waals surface area contributed by atoms with Crippen LogP contribution in [0.15, 0.2) is 53.4 Å². The number of halogens is 1. The van der Waals surface area contributed by atoms with E-state index in [4.69, 9.17) is 11.6 Å². The fourth-order valence-corrected chi connectivity index (χ4v) is 4.41. The molecule has 0 aliphatic carbocycles. The van der Waals surface area contributed by atoms with Crippen molar-refractivity contribution in [3.63, 3.8) is 0 Å². The summed E-state index contributed by atoms with van der Waals surface area (Å²) in [5.74, 6) is -0.959. The number of carbonyl (C=O) groups excluding carboxylic acids is 2. The molecule has 0 aromatic heterocycles. The average Bonchev–Trinajstić information content (AvgIpc) is 2.69. The van der Waals surface area contributed by atoms with Crippen LogP contribution in [0.3, 0.4) is 0 Å². The van der Waals surface area contributed by atoms with Crippen LogP contribution < -0.4 is 10.6 Å². The molecule has 0 aliphatic rings. The molecular weight excluding hydrogens is 414 g/mol. The number of anilines is 1. The number of nitrogens with zero attached hydrogens (tertiary/aromatic N) is 1. The van der Waals surface area contributed by atoms with E-state index in [-0.39, 0.29) is 15.5 Å². The van der Waals surface area contributed by atoms with Crippen LogP contribution in [-0.2, 0) is 14.8 Å². The van der Waals surface area contributed by atoms with E-state index in [0.29, 0.717) is 18.8 Å². The lowest BCUT2D eigenvalue weighted by Gasteiger charge is -2.19. The number of rotatable bonds is 8. The Kier molecular flexibility index (Phi) is 7.78. The van der Waals surface area contributed by atoms with Crippen LogP contribution in [-0.4, -0.2) is 43.7 Å². The summed E-state index contributed by atoms with van der Waals surface area (Å²) < 4.78 is 26.6. The number of amides is 2. The van der Waals surface area contributed by atoms with Crippen molar-refractivity contribution in [2.45, 2.75) is 31.7 Å². The summed E-state index contributed by atoms with van der Waals surface area (Å²) in [5.41, 5.74) is 0.586. The number of hydrogen-bond acceptors (Lipinski definition) is 4. The largest absolute Gasteiger partial charge is 0.340 e. The summed E-state index contributed by atoms with van der Waals surface area (Å²) in [6, 6.07) is 11.7. The normalized spacial score (nSPS) is 12.4. The molecule has 0 aliphatic heterocycles. The minimum atomic E-state index is -3.64. The molecule has 9 heteroatoms. The van der Waals surface area contributed by atoms with E-state index >= 15 is 0 Å². The molecule has 2 aromatic carbocycles. The topological polar surface area (TPSA) is 95.6 Å². The monoisotopic (exact) mass is 437 g/mol. The first-order valence-corrected chi connectivity index (χ1v) is 11.0. The van der Waals surface area contributed by atoms with Crippen LogP contribution in [0.25, 0.3) is 0 Å². The zero-order valence-electron chi connectivity index (χ0n) is 16.5. The van der Waals surface area contributed by atoms with Crippen LogP contribution in [0.5, 0.6) is 0 Å². The van der Waals surface area contributed by atoms with Crippen molar-refractivity contribution in [2.24, 2.45) is 0 Å². The van der Waals surface area contributed by atoms with E-state index in [0.717, 1.165) is 0 Å². The number of carbonyl (C=O) groups is 2. The number of benzene rings is 2. The standard InChI is InChI=1S/C20H24ClN3O4S/c1-4-24(5-2)29(27,28)16-10-8-9-15(13-16)23-19(25)14(3)22-20(26)17-11-6-7-12-18(17)21/h6-14H,4-5H2,1-3H3,(H,22,26)(H,23,25).